The van der Waals surface area contributed by atoms with Crippen LogP contribution in [-0.4, -0.2) is 18.9 Å². The molecule has 3 heteroatoms. The van der Waals surface area contributed by atoms with Gasteiger partial charge < -0.3 is 4.74 Å². The van der Waals surface area contributed by atoms with Gasteiger partial charge in [-0.05, 0) is 25.7 Å². The van der Waals surface area contributed by atoms with Crippen molar-refractivity contribution in [2.45, 2.75) is 19.8 Å². The first-order valence-electron chi connectivity index (χ1n) is 4.41. The third-order valence-corrected chi connectivity index (χ3v) is 2.37. The molecule has 0 aliphatic heterocycles. The van der Waals surface area contributed by atoms with Crippen molar-refractivity contribution >= 4 is 11.8 Å². The number of esters is 1. The van der Waals surface area contributed by atoms with Crippen molar-refractivity contribution in [3.05, 3.63) is 12.2 Å². The number of hydrogen-bond acceptors (Lipinski definition) is 3. The van der Waals surface area contributed by atoms with Gasteiger partial charge in [0.2, 0.25) is 0 Å². The molecule has 0 spiro atoms. The standard InChI is InChI=1S/C10H14O3/c1-7(11)9(10(12)13-2)8-5-3-4-6-8/h3,5,8-9H,4,6H2,1-2H3. The quantitative estimate of drug-likeness (QED) is 0.375. The predicted molar refractivity (Wildman–Crippen MR) is 48.1 cm³/mol. The van der Waals surface area contributed by atoms with Crippen LogP contribution in [0.1, 0.15) is 19.8 Å². The van der Waals surface area contributed by atoms with E-state index in [0.29, 0.717) is 0 Å². The molecule has 0 radical (unpaired) electrons. The molecule has 0 heterocycles. The summed E-state index contributed by atoms with van der Waals surface area (Å²) in [4.78, 5) is 22.5. The summed E-state index contributed by atoms with van der Waals surface area (Å²) < 4.78 is 4.59. The van der Waals surface area contributed by atoms with Crippen molar-refractivity contribution < 1.29 is 14.3 Å². The van der Waals surface area contributed by atoms with Crippen LogP contribution in [0.15, 0.2) is 12.2 Å². The van der Waals surface area contributed by atoms with Crippen LogP contribution in [0.5, 0.6) is 0 Å². The van der Waals surface area contributed by atoms with Crippen LogP contribution in [-0.2, 0) is 14.3 Å². The summed E-state index contributed by atoms with van der Waals surface area (Å²) in [5.41, 5.74) is 0. The Labute approximate surface area is 77.8 Å². The minimum absolute atomic E-state index is 0.0462. The molecule has 1 rings (SSSR count). The summed E-state index contributed by atoms with van der Waals surface area (Å²) >= 11 is 0. The summed E-state index contributed by atoms with van der Waals surface area (Å²) in [5, 5.41) is 0. The summed E-state index contributed by atoms with van der Waals surface area (Å²) in [7, 11) is 1.32. The zero-order valence-electron chi connectivity index (χ0n) is 7.95. The van der Waals surface area contributed by atoms with Crippen LogP contribution in [0.3, 0.4) is 0 Å². The van der Waals surface area contributed by atoms with Crippen molar-refractivity contribution in [1.29, 1.82) is 0 Å². The molecular weight excluding hydrogens is 168 g/mol. The SMILES string of the molecule is COC(=O)C(C(C)=O)C1C=CCC1. The lowest BCUT2D eigenvalue weighted by Crippen LogP contribution is -2.29. The highest BCUT2D eigenvalue weighted by molar-refractivity contribution is 5.98. The van der Waals surface area contributed by atoms with E-state index in [0.717, 1.165) is 12.8 Å². The van der Waals surface area contributed by atoms with E-state index in [-0.39, 0.29) is 11.7 Å². The van der Waals surface area contributed by atoms with Crippen molar-refractivity contribution in [3.63, 3.8) is 0 Å². The van der Waals surface area contributed by atoms with Crippen molar-refractivity contribution in [2.24, 2.45) is 11.8 Å². The van der Waals surface area contributed by atoms with Crippen LogP contribution in [0.25, 0.3) is 0 Å². The third-order valence-electron chi connectivity index (χ3n) is 2.37. The molecule has 0 amide bonds. The van der Waals surface area contributed by atoms with E-state index in [9.17, 15) is 9.59 Å². The first kappa shape index (κ1) is 9.96. The number of methoxy groups -OCH3 is 1. The van der Waals surface area contributed by atoms with Crippen molar-refractivity contribution in [3.8, 4) is 0 Å². The number of ether oxygens (including phenoxy) is 1. The Balaban J connectivity index is 2.72. The molecule has 0 bridgehead atoms. The third kappa shape index (κ3) is 2.17. The summed E-state index contributed by atoms with van der Waals surface area (Å²) in [6, 6.07) is 0. The van der Waals surface area contributed by atoms with E-state index in [1.54, 1.807) is 0 Å². The van der Waals surface area contributed by atoms with Gasteiger partial charge in [-0.3, -0.25) is 9.59 Å². The molecule has 0 aromatic rings. The summed E-state index contributed by atoms with van der Waals surface area (Å²) in [5.74, 6) is -1.07. The Morgan fingerprint density at radius 1 is 1.54 bits per heavy atom. The number of Topliss-reactive ketones (excluding diaryl/α,β-unsaturated/α-hetero) is 1. The van der Waals surface area contributed by atoms with Gasteiger partial charge in [0.25, 0.3) is 0 Å². The normalized spacial score (nSPS) is 22.8. The van der Waals surface area contributed by atoms with Gasteiger partial charge >= 0.3 is 5.97 Å². The van der Waals surface area contributed by atoms with Crippen LogP contribution in [0.2, 0.25) is 0 Å². The number of carbonyl (C=O) groups excluding carboxylic acids is 2. The maximum Gasteiger partial charge on any atom is 0.316 e. The monoisotopic (exact) mass is 182 g/mol. The molecule has 1 aliphatic carbocycles. The molecule has 1 aliphatic rings. The van der Waals surface area contributed by atoms with E-state index in [2.05, 4.69) is 4.74 Å². The number of carbonyl (C=O) groups is 2. The lowest BCUT2D eigenvalue weighted by Gasteiger charge is -2.16. The average Bonchev–Trinajstić information content (AvgIpc) is 2.56. The lowest BCUT2D eigenvalue weighted by atomic mass is 9.89. The van der Waals surface area contributed by atoms with Crippen LogP contribution in [0.4, 0.5) is 0 Å². The molecule has 0 N–H and O–H groups in total. The van der Waals surface area contributed by atoms with E-state index in [1.165, 1.54) is 14.0 Å². The maximum atomic E-state index is 11.3. The predicted octanol–water partition coefficient (Wildman–Crippen LogP) is 1.33. The van der Waals surface area contributed by atoms with E-state index in [4.69, 9.17) is 0 Å². The minimum Gasteiger partial charge on any atom is -0.468 e. The van der Waals surface area contributed by atoms with Gasteiger partial charge in [-0.15, -0.1) is 0 Å². The van der Waals surface area contributed by atoms with Gasteiger partial charge in [0.1, 0.15) is 11.7 Å². The van der Waals surface area contributed by atoms with Gasteiger partial charge in [0.15, 0.2) is 0 Å². The Morgan fingerprint density at radius 3 is 2.62 bits per heavy atom. The van der Waals surface area contributed by atoms with Crippen LogP contribution < -0.4 is 0 Å². The van der Waals surface area contributed by atoms with Gasteiger partial charge in [0.05, 0.1) is 7.11 Å². The Morgan fingerprint density at radius 2 is 2.23 bits per heavy atom. The number of rotatable bonds is 3. The van der Waals surface area contributed by atoms with Gasteiger partial charge in [0, 0.05) is 0 Å². The molecular formula is C10H14O3. The second-order valence-corrected chi connectivity index (χ2v) is 3.28. The molecule has 0 aromatic heterocycles. The van der Waals surface area contributed by atoms with Gasteiger partial charge in [-0.1, -0.05) is 12.2 Å². The second-order valence-electron chi connectivity index (χ2n) is 3.28. The van der Waals surface area contributed by atoms with Crippen molar-refractivity contribution in [2.75, 3.05) is 7.11 Å². The zero-order valence-corrected chi connectivity index (χ0v) is 7.95. The molecule has 0 fully saturated rings. The minimum atomic E-state index is -0.594. The Kier molecular flexibility index (Phi) is 3.23. The fourth-order valence-corrected chi connectivity index (χ4v) is 1.70. The topological polar surface area (TPSA) is 43.4 Å². The number of allylic oxidation sites excluding steroid dienone is 2. The van der Waals surface area contributed by atoms with Crippen LogP contribution >= 0.6 is 0 Å². The maximum absolute atomic E-state index is 11.3. The Hall–Kier alpha value is -1.12. The molecule has 13 heavy (non-hydrogen) atoms. The van der Waals surface area contributed by atoms with E-state index in [1.807, 2.05) is 12.2 Å². The molecule has 3 nitrogen and oxygen atoms in total. The fraction of sp³-hybridized carbons (Fsp3) is 0.600. The summed E-state index contributed by atoms with van der Waals surface area (Å²) in [6.07, 6.45) is 5.76. The molecule has 0 aromatic carbocycles. The highest BCUT2D eigenvalue weighted by atomic mass is 16.5. The smallest absolute Gasteiger partial charge is 0.316 e. The number of ketones is 1. The fourth-order valence-electron chi connectivity index (χ4n) is 1.70. The van der Waals surface area contributed by atoms with Crippen LogP contribution in [0, 0.1) is 11.8 Å². The molecule has 0 saturated heterocycles. The average molecular weight is 182 g/mol. The van der Waals surface area contributed by atoms with Crippen molar-refractivity contribution in [1.82, 2.24) is 0 Å². The lowest BCUT2D eigenvalue weighted by molar-refractivity contribution is -0.150. The highest BCUT2D eigenvalue weighted by Crippen LogP contribution is 2.26. The molecule has 72 valence electrons. The highest BCUT2D eigenvalue weighted by Gasteiger charge is 2.32. The first-order chi connectivity index (χ1) is 6.16. The summed E-state index contributed by atoms with van der Waals surface area (Å²) in [6.45, 7) is 1.44. The molecule has 2 atom stereocenters. The first-order valence-corrected chi connectivity index (χ1v) is 4.41. The number of hydrogen-bond donors (Lipinski definition) is 0. The van der Waals surface area contributed by atoms with E-state index < -0.39 is 11.9 Å². The zero-order chi connectivity index (χ0) is 9.84. The second kappa shape index (κ2) is 4.21. The largest absolute Gasteiger partial charge is 0.468 e. The Bertz CT molecular complexity index is 243. The molecule has 2 unspecified atom stereocenters. The van der Waals surface area contributed by atoms with Gasteiger partial charge in [-0.2, -0.15) is 0 Å². The molecule has 0 saturated carbocycles. The van der Waals surface area contributed by atoms with Gasteiger partial charge in [-0.25, -0.2) is 0 Å². The van der Waals surface area contributed by atoms with E-state index >= 15 is 0 Å².